The van der Waals surface area contributed by atoms with Gasteiger partial charge < -0.3 is 20.5 Å². The molecule has 0 saturated carbocycles. The Morgan fingerprint density at radius 1 is 1.27 bits per heavy atom. The van der Waals surface area contributed by atoms with E-state index in [1.54, 1.807) is 6.07 Å². The van der Waals surface area contributed by atoms with Crippen LogP contribution in [0.3, 0.4) is 0 Å². The number of benzene rings is 1. The predicted octanol–water partition coefficient (Wildman–Crippen LogP) is 2.78. The maximum Gasteiger partial charge on any atom is 0.416 e. The Morgan fingerprint density at radius 3 is 2.83 bits per heavy atom. The van der Waals surface area contributed by atoms with Gasteiger partial charge in [-0.25, -0.2) is 0 Å². The van der Waals surface area contributed by atoms with Gasteiger partial charge in [0.05, 0.1) is 11.6 Å². The zero-order chi connectivity index (χ0) is 21.3. The first-order valence-corrected chi connectivity index (χ1v) is 9.64. The van der Waals surface area contributed by atoms with Crippen LogP contribution < -0.4 is 11.1 Å². The van der Waals surface area contributed by atoms with Gasteiger partial charge in [0, 0.05) is 30.9 Å². The number of amides is 1. The number of nitrogens with one attached hydrogen (secondary N) is 1. The molecule has 0 spiro atoms. The lowest BCUT2D eigenvalue weighted by Gasteiger charge is -2.29. The van der Waals surface area contributed by atoms with Gasteiger partial charge in [0.1, 0.15) is 0 Å². The largest absolute Gasteiger partial charge is 0.454 e. The second-order valence-electron chi connectivity index (χ2n) is 7.48. The highest BCUT2D eigenvalue weighted by atomic mass is 19.4. The van der Waals surface area contributed by atoms with Gasteiger partial charge in [-0.05, 0) is 36.6 Å². The lowest BCUT2D eigenvalue weighted by molar-refractivity contribution is -0.137. The molecule has 3 aliphatic rings. The molecular formula is C21H22F3N3O3. The van der Waals surface area contributed by atoms with E-state index in [9.17, 15) is 18.0 Å². The molecule has 2 aliphatic heterocycles. The van der Waals surface area contributed by atoms with E-state index in [0.29, 0.717) is 60.8 Å². The van der Waals surface area contributed by atoms with Crippen molar-refractivity contribution >= 4 is 5.91 Å². The summed E-state index contributed by atoms with van der Waals surface area (Å²) in [5, 5.41) is 2.94. The highest BCUT2D eigenvalue weighted by molar-refractivity contribution is 5.94. The van der Waals surface area contributed by atoms with Gasteiger partial charge in [0.2, 0.25) is 12.7 Å². The third kappa shape index (κ3) is 4.46. The number of hydrogen-bond acceptors (Lipinski definition) is 5. The number of nitrogens with zero attached hydrogens (tertiary/aromatic N) is 1. The molecule has 1 fully saturated rings. The van der Waals surface area contributed by atoms with Crippen LogP contribution in [0.25, 0.3) is 0 Å². The summed E-state index contributed by atoms with van der Waals surface area (Å²) in [6.07, 6.45) is 0.355. The summed E-state index contributed by atoms with van der Waals surface area (Å²) >= 11 is 0. The smallest absolute Gasteiger partial charge is 0.416 e. The minimum Gasteiger partial charge on any atom is -0.454 e. The molecule has 1 aliphatic carbocycles. The summed E-state index contributed by atoms with van der Waals surface area (Å²) in [4.78, 5) is 14.6. The standard InChI is InChI=1S/C21H22F3N3O3/c22-21(23,24)14-3-1-2-13(8-14)10-27-7-6-16(17(25)11-27)20(28)26-15-4-5-18-19(9-15)30-12-29-18/h1-3,5,8-9,15H,4,6-7,10-12,25H2,(H,26,28). The number of rotatable bonds is 4. The zero-order valence-corrected chi connectivity index (χ0v) is 16.2. The second kappa shape index (κ2) is 8.06. The summed E-state index contributed by atoms with van der Waals surface area (Å²) in [6, 6.07) is 5.05. The monoisotopic (exact) mass is 421 g/mol. The Labute approximate surface area is 171 Å². The first-order chi connectivity index (χ1) is 14.3. The molecule has 1 atom stereocenters. The molecule has 160 valence electrons. The zero-order valence-electron chi connectivity index (χ0n) is 16.2. The molecule has 1 amide bonds. The van der Waals surface area contributed by atoms with E-state index >= 15 is 0 Å². The van der Waals surface area contributed by atoms with Gasteiger partial charge in [-0.1, -0.05) is 18.2 Å². The van der Waals surface area contributed by atoms with Crippen molar-refractivity contribution in [1.29, 1.82) is 0 Å². The fraction of sp³-hybridized carbons (Fsp3) is 0.381. The molecule has 3 N–H and O–H groups in total. The topological polar surface area (TPSA) is 76.8 Å². The molecule has 9 heteroatoms. The normalized spacial score (nSPS) is 21.9. The van der Waals surface area contributed by atoms with Crippen molar-refractivity contribution < 1.29 is 27.4 Å². The van der Waals surface area contributed by atoms with Crippen molar-refractivity contribution in [1.82, 2.24) is 10.2 Å². The minimum absolute atomic E-state index is 0.179. The van der Waals surface area contributed by atoms with Gasteiger partial charge in [0.15, 0.2) is 11.5 Å². The Morgan fingerprint density at radius 2 is 2.07 bits per heavy atom. The molecule has 0 bridgehead atoms. The Bertz CT molecular complexity index is 937. The van der Waals surface area contributed by atoms with Gasteiger partial charge >= 0.3 is 6.18 Å². The number of ether oxygens (including phenoxy) is 2. The SMILES string of the molecule is NC1=C(C(=O)NC2C=C3OCOC3=CC2)CCN(Cc2cccc(C(F)(F)F)c2)C1. The van der Waals surface area contributed by atoms with Crippen LogP contribution in [0, 0.1) is 0 Å². The fourth-order valence-electron chi connectivity index (χ4n) is 3.77. The number of halogens is 3. The summed E-state index contributed by atoms with van der Waals surface area (Å²) in [6.45, 7) is 1.37. The van der Waals surface area contributed by atoms with Crippen LogP contribution in [0.1, 0.15) is 24.0 Å². The first-order valence-electron chi connectivity index (χ1n) is 9.64. The van der Waals surface area contributed by atoms with E-state index < -0.39 is 11.7 Å². The summed E-state index contributed by atoms with van der Waals surface area (Å²) in [7, 11) is 0. The summed E-state index contributed by atoms with van der Waals surface area (Å²) in [5.74, 6) is 1.09. The average Bonchev–Trinajstić information content (AvgIpc) is 3.15. The maximum atomic E-state index is 12.9. The van der Waals surface area contributed by atoms with Gasteiger partial charge in [-0.3, -0.25) is 9.69 Å². The van der Waals surface area contributed by atoms with E-state index in [0.717, 1.165) is 12.1 Å². The molecule has 1 aromatic rings. The van der Waals surface area contributed by atoms with Crippen molar-refractivity contribution in [2.45, 2.75) is 31.6 Å². The second-order valence-corrected chi connectivity index (χ2v) is 7.48. The van der Waals surface area contributed by atoms with Crippen molar-refractivity contribution in [3.8, 4) is 0 Å². The van der Waals surface area contributed by atoms with E-state index in [-0.39, 0.29) is 18.7 Å². The fourth-order valence-corrected chi connectivity index (χ4v) is 3.77. The molecule has 6 nitrogen and oxygen atoms in total. The summed E-state index contributed by atoms with van der Waals surface area (Å²) in [5.41, 5.74) is 6.98. The number of nitrogens with two attached hydrogens (primary N) is 1. The van der Waals surface area contributed by atoms with Crippen molar-refractivity contribution in [2.75, 3.05) is 19.9 Å². The van der Waals surface area contributed by atoms with E-state index in [4.69, 9.17) is 15.2 Å². The minimum atomic E-state index is -4.37. The lowest BCUT2D eigenvalue weighted by atomic mass is 10.0. The highest BCUT2D eigenvalue weighted by Crippen LogP contribution is 2.30. The van der Waals surface area contributed by atoms with Gasteiger partial charge in [-0.15, -0.1) is 0 Å². The molecule has 1 saturated heterocycles. The predicted molar refractivity (Wildman–Crippen MR) is 102 cm³/mol. The quantitative estimate of drug-likeness (QED) is 0.782. The Balaban J connectivity index is 1.37. The first kappa shape index (κ1) is 20.3. The van der Waals surface area contributed by atoms with Crippen LogP contribution in [-0.4, -0.2) is 36.7 Å². The number of carbonyl (C=O) groups excluding carboxylic acids is 1. The van der Waals surface area contributed by atoms with Gasteiger partial charge in [-0.2, -0.15) is 13.2 Å². The summed E-state index contributed by atoms with van der Waals surface area (Å²) < 4.78 is 49.3. The molecule has 30 heavy (non-hydrogen) atoms. The molecule has 0 aromatic heterocycles. The Hall–Kier alpha value is -2.94. The van der Waals surface area contributed by atoms with E-state index in [1.165, 1.54) is 6.07 Å². The molecule has 2 heterocycles. The number of alkyl halides is 3. The molecule has 1 aromatic carbocycles. The van der Waals surface area contributed by atoms with Crippen LogP contribution in [-0.2, 0) is 27.0 Å². The lowest BCUT2D eigenvalue weighted by Crippen LogP contribution is -2.41. The van der Waals surface area contributed by atoms with Crippen molar-refractivity contribution in [3.63, 3.8) is 0 Å². The number of hydrogen-bond donors (Lipinski definition) is 2. The van der Waals surface area contributed by atoms with Crippen LogP contribution in [0.5, 0.6) is 0 Å². The molecular weight excluding hydrogens is 399 g/mol. The third-order valence-electron chi connectivity index (χ3n) is 5.29. The van der Waals surface area contributed by atoms with Crippen LogP contribution in [0.2, 0.25) is 0 Å². The van der Waals surface area contributed by atoms with Crippen LogP contribution in [0.4, 0.5) is 13.2 Å². The van der Waals surface area contributed by atoms with Crippen molar-refractivity contribution in [3.05, 3.63) is 70.3 Å². The highest BCUT2D eigenvalue weighted by Gasteiger charge is 2.31. The van der Waals surface area contributed by atoms with E-state index in [2.05, 4.69) is 5.32 Å². The maximum absolute atomic E-state index is 12.9. The third-order valence-corrected chi connectivity index (χ3v) is 5.29. The average molecular weight is 421 g/mol. The van der Waals surface area contributed by atoms with Crippen LogP contribution >= 0.6 is 0 Å². The molecule has 4 rings (SSSR count). The molecule has 1 unspecified atom stereocenters. The van der Waals surface area contributed by atoms with Gasteiger partial charge in [0.25, 0.3) is 0 Å². The van der Waals surface area contributed by atoms with Crippen LogP contribution in [0.15, 0.2) is 59.2 Å². The van der Waals surface area contributed by atoms with Crippen molar-refractivity contribution in [2.24, 2.45) is 5.73 Å². The Kier molecular flexibility index (Phi) is 5.46. The number of fused-ring (bicyclic) bond motifs is 1. The molecule has 0 radical (unpaired) electrons. The van der Waals surface area contributed by atoms with E-state index in [1.807, 2.05) is 17.1 Å². The number of carbonyl (C=O) groups is 1.